The number of aliphatic imine (C=N–C) groups is 1. The van der Waals surface area contributed by atoms with Gasteiger partial charge in [0.25, 0.3) is 0 Å². The van der Waals surface area contributed by atoms with Crippen molar-refractivity contribution in [3.8, 4) is 5.75 Å². The van der Waals surface area contributed by atoms with Crippen LogP contribution in [0.15, 0.2) is 41.9 Å². The van der Waals surface area contributed by atoms with Crippen LogP contribution >= 0.6 is 0 Å². The van der Waals surface area contributed by atoms with Crippen molar-refractivity contribution in [3.05, 3.63) is 42.5 Å². The Hall–Kier alpha value is -2.02. The van der Waals surface area contributed by atoms with Crippen LogP contribution in [0.5, 0.6) is 5.75 Å². The van der Waals surface area contributed by atoms with E-state index in [9.17, 15) is 8.42 Å². The Bertz CT molecular complexity index is 612. The van der Waals surface area contributed by atoms with Crippen molar-refractivity contribution in [3.63, 3.8) is 0 Å². The SMILES string of the molecule is C=CCOc1ccccc1CNC(=NC)NCCS(C)(=O)=O. The van der Waals surface area contributed by atoms with Crippen LogP contribution < -0.4 is 15.4 Å². The van der Waals surface area contributed by atoms with Crippen LogP contribution in [0, 0.1) is 0 Å². The Kier molecular flexibility index (Phi) is 7.45. The summed E-state index contributed by atoms with van der Waals surface area (Å²) >= 11 is 0. The molecule has 2 N–H and O–H groups in total. The summed E-state index contributed by atoms with van der Waals surface area (Å²) in [5, 5.41) is 6.09. The quantitative estimate of drug-likeness (QED) is 0.423. The van der Waals surface area contributed by atoms with Gasteiger partial charge in [0.2, 0.25) is 0 Å². The van der Waals surface area contributed by atoms with E-state index >= 15 is 0 Å². The van der Waals surface area contributed by atoms with Gasteiger partial charge in [-0.25, -0.2) is 8.42 Å². The number of para-hydroxylation sites is 1. The second-order valence-electron chi connectivity index (χ2n) is 4.69. The molecule has 0 saturated heterocycles. The predicted molar refractivity (Wildman–Crippen MR) is 90.0 cm³/mol. The summed E-state index contributed by atoms with van der Waals surface area (Å²) in [5.74, 6) is 1.39. The van der Waals surface area contributed by atoms with E-state index in [1.165, 1.54) is 6.26 Å². The average molecular weight is 325 g/mol. The molecule has 0 amide bonds. The molecule has 122 valence electrons. The number of guanidine groups is 1. The summed E-state index contributed by atoms with van der Waals surface area (Å²) in [6.45, 7) is 4.90. The molecule has 1 aromatic rings. The van der Waals surface area contributed by atoms with E-state index in [4.69, 9.17) is 4.74 Å². The molecule has 0 atom stereocenters. The molecular weight excluding hydrogens is 302 g/mol. The summed E-state index contributed by atoms with van der Waals surface area (Å²) in [6.07, 6.45) is 2.90. The fourth-order valence-corrected chi connectivity index (χ4v) is 2.17. The van der Waals surface area contributed by atoms with E-state index < -0.39 is 9.84 Å². The molecule has 0 heterocycles. The Balaban J connectivity index is 2.54. The van der Waals surface area contributed by atoms with Crippen molar-refractivity contribution in [2.75, 3.05) is 32.2 Å². The van der Waals surface area contributed by atoms with Gasteiger partial charge in [-0.15, -0.1) is 0 Å². The summed E-state index contributed by atoms with van der Waals surface area (Å²) < 4.78 is 27.8. The first-order chi connectivity index (χ1) is 10.5. The first-order valence-corrected chi connectivity index (χ1v) is 8.96. The average Bonchev–Trinajstić information content (AvgIpc) is 2.48. The third-order valence-electron chi connectivity index (χ3n) is 2.76. The maximum Gasteiger partial charge on any atom is 0.191 e. The van der Waals surface area contributed by atoms with Gasteiger partial charge >= 0.3 is 0 Å². The lowest BCUT2D eigenvalue weighted by atomic mass is 10.2. The number of sulfone groups is 1. The molecule has 0 fully saturated rings. The molecular formula is C15H23N3O3S. The van der Waals surface area contributed by atoms with Crippen molar-refractivity contribution in [2.45, 2.75) is 6.54 Å². The fourth-order valence-electron chi connectivity index (χ4n) is 1.69. The van der Waals surface area contributed by atoms with E-state index in [0.29, 0.717) is 25.7 Å². The minimum absolute atomic E-state index is 0.0622. The molecule has 6 nitrogen and oxygen atoms in total. The topological polar surface area (TPSA) is 79.8 Å². The maximum absolute atomic E-state index is 11.1. The van der Waals surface area contributed by atoms with Crippen LogP contribution in [0.1, 0.15) is 5.56 Å². The maximum atomic E-state index is 11.1. The predicted octanol–water partition coefficient (Wildman–Crippen LogP) is 0.961. The number of rotatable bonds is 8. The highest BCUT2D eigenvalue weighted by Gasteiger charge is 2.05. The van der Waals surface area contributed by atoms with E-state index in [-0.39, 0.29) is 5.75 Å². The summed E-state index contributed by atoms with van der Waals surface area (Å²) in [4.78, 5) is 4.06. The molecule has 7 heteroatoms. The largest absolute Gasteiger partial charge is 0.489 e. The van der Waals surface area contributed by atoms with Gasteiger partial charge in [-0.2, -0.15) is 0 Å². The normalized spacial score (nSPS) is 11.8. The van der Waals surface area contributed by atoms with Crippen molar-refractivity contribution in [1.29, 1.82) is 0 Å². The van der Waals surface area contributed by atoms with Crippen LogP contribution in [0.25, 0.3) is 0 Å². The number of nitrogens with one attached hydrogen (secondary N) is 2. The Morgan fingerprint density at radius 2 is 2.09 bits per heavy atom. The lowest BCUT2D eigenvalue weighted by molar-refractivity contribution is 0.358. The molecule has 0 unspecified atom stereocenters. The lowest BCUT2D eigenvalue weighted by Crippen LogP contribution is -2.39. The Morgan fingerprint density at radius 1 is 1.36 bits per heavy atom. The standard InChI is InChI=1S/C15H23N3O3S/c1-4-10-21-14-8-6-5-7-13(14)12-18-15(16-2)17-9-11-22(3,19)20/h4-8H,1,9-12H2,2-3H3,(H2,16,17,18). The van der Waals surface area contributed by atoms with Gasteiger partial charge in [0.05, 0.1) is 5.75 Å². The summed E-state index contributed by atoms with van der Waals surface area (Å²) in [6, 6.07) is 7.67. The number of hydrogen-bond acceptors (Lipinski definition) is 4. The molecule has 0 aliphatic heterocycles. The highest BCUT2D eigenvalue weighted by atomic mass is 32.2. The van der Waals surface area contributed by atoms with Crippen molar-refractivity contribution >= 4 is 15.8 Å². The van der Waals surface area contributed by atoms with Crippen LogP contribution in [0.2, 0.25) is 0 Å². The van der Waals surface area contributed by atoms with Crippen molar-refractivity contribution in [2.24, 2.45) is 4.99 Å². The number of benzene rings is 1. The van der Waals surface area contributed by atoms with Crippen LogP contribution in [-0.4, -0.2) is 46.6 Å². The monoisotopic (exact) mass is 325 g/mol. The smallest absolute Gasteiger partial charge is 0.191 e. The summed E-state index contributed by atoms with van der Waals surface area (Å²) in [5.41, 5.74) is 0.982. The molecule has 0 radical (unpaired) electrons. The first-order valence-electron chi connectivity index (χ1n) is 6.90. The van der Waals surface area contributed by atoms with Gasteiger partial charge in [0, 0.05) is 32.0 Å². The Labute approximate surface area is 132 Å². The van der Waals surface area contributed by atoms with Crippen LogP contribution in [0.4, 0.5) is 0 Å². The lowest BCUT2D eigenvalue weighted by Gasteiger charge is -2.14. The van der Waals surface area contributed by atoms with Crippen molar-refractivity contribution in [1.82, 2.24) is 10.6 Å². The van der Waals surface area contributed by atoms with E-state index in [2.05, 4.69) is 22.2 Å². The zero-order valence-corrected chi connectivity index (χ0v) is 13.8. The minimum Gasteiger partial charge on any atom is -0.489 e. The molecule has 0 aromatic heterocycles. The second kappa shape index (κ2) is 9.09. The zero-order valence-electron chi connectivity index (χ0n) is 13.0. The Morgan fingerprint density at radius 3 is 2.73 bits per heavy atom. The molecule has 0 bridgehead atoms. The van der Waals surface area contributed by atoms with Gasteiger partial charge in [0.1, 0.15) is 22.2 Å². The highest BCUT2D eigenvalue weighted by molar-refractivity contribution is 7.90. The van der Waals surface area contributed by atoms with Crippen LogP contribution in [0.3, 0.4) is 0 Å². The molecule has 0 spiro atoms. The highest BCUT2D eigenvalue weighted by Crippen LogP contribution is 2.17. The van der Waals surface area contributed by atoms with E-state index in [1.807, 2.05) is 24.3 Å². The zero-order chi connectivity index (χ0) is 16.4. The molecule has 1 rings (SSSR count). The van der Waals surface area contributed by atoms with Gasteiger partial charge in [-0.1, -0.05) is 30.9 Å². The summed E-state index contributed by atoms with van der Waals surface area (Å²) in [7, 11) is -1.35. The number of ether oxygens (including phenoxy) is 1. The molecule has 0 saturated carbocycles. The number of nitrogens with zero attached hydrogens (tertiary/aromatic N) is 1. The molecule has 22 heavy (non-hydrogen) atoms. The van der Waals surface area contributed by atoms with Crippen molar-refractivity contribution < 1.29 is 13.2 Å². The molecule has 1 aromatic carbocycles. The number of hydrogen-bond donors (Lipinski definition) is 2. The van der Waals surface area contributed by atoms with Gasteiger partial charge in [-0.05, 0) is 6.07 Å². The fraction of sp³-hybridized carbons (Fsp3) is 0.400. The second-order valence-corrected chi connectivity index (χ2v) is 6.95. The molecule has 0 aliphatic rings. The van der Waals surface area contributed by atoms with Gasteiger partial charge in [0.15, 0.2) is 5.96 Å². The first kappa shape index (κ1) is 18.0. The van der Waals surface area contributed by atoms with E-state index in [1.54, 1.807) is 13.1 Å². The van der Waals surface area contributed by atoms with Crippen LogP contribution in [-0.2, 0) is 16.4 Å². The van der Waals surface area contributed by atoms with Gasteiger partial charge < -0.3 is 15.4 Å². The third kappa shape index (κ3) is 7.12. The van der Waals surface area contributed by atoms with E-state index in [0.717, 1.165) is 11.3 Å². The minimum atomic E-state index is -2.99. The molecule has 0 aliphatic carbocycles. The third-order valence-corrected chi connectivity index (χ3v) is 3.71. The van der Waals surface area contributed by atoms with Gasteiger partial charge in [-0.3, -0.25) is 4.99 Å².